The number of nitro groups is 1. The minimum Gasteiger partial charge on any atom is -0.324 e. The Balaban J connectivity index is 1.97. The van der Waals surface area contributed by atoms with E-state index in [0.29, 0.717) is 11.3 Å². The predicted molar refractivity (Wildman–Crippen MR) is 119 cm³/mol. The molecule has 1 N–H and O–H groups in total. The van der Waals surface area contributed by atoms with E-state index < -0.39 is 27.4 Å². The van der Waals surface area contributed by atoms with Gasteiger partial charge in [-0.2, -0.15) is 0 Å². The summed E-state index contributed by atoms with van der Waals surface area (Å²) < 4.78 is 27.8. The van der Waals surface area contributed by atoms with Crippen molar-refractivity contribution in [2.75, 3.05) is 16.2 Å². The third-order valence-corrected chi connectivity index (χ3v) is 6.37. The first kappa shape index (κ1) is 22.0. The lowest BCUT2D eigenvalue weighted by atomic mass is 10.1. The Morgan fingerprint density at radius 1 is 1.00 bits per heavy atom. The van der Waals surface area contributed by atoms with Crippen LogP contribution in [0.15, 0.2) is 77.7 Å². The highest BCUT2D eigenvalue weighted by Crippen LogP contribution is 2.28. The Labute approximate surface area is 180 Å². The van der Waals surface area contributed by atoms with Gasteiger partial charge in [-0.1, -0.05) is 36.4 Å². The summed E-state index contributed by atoms with van der Waals surface area (Å²) in [7, 11) is -4.04. The number of hydrogen-bond donors (Lipinski definition) is 1. The molecule has 9 heteroatoms. The zero-order chi connectivity index (χ0) is 22.6. The number of nitrogens with zero attached hydrogens (tertiary/aromatic N) is 2. The van der Waals surface area contributed by atoms with Gasteiger partial charge in [0.15, 0.2) is 0 Å². The molecule has 0 heterocycles. The number of carbonyl (C=O) groups excluding carboxylic acids is 1. The Hall–Kier alpha value is -3.72. The molecule has 0 aromatic heterocycles. The van der Waals surface area contributed by atoms with Crippen LogP contribution >= 0.6 is 0 Å². The predicted octanol–water partition coefficient (Wildman–Crippen LogP) is 4.05. The summed E-state index contributed by atoms with van der Waals surface area (Å²) in [6.45, 7) is 3.10. The first-order chi connectivity index (χ1) is 14.7. The lowest BCUT2D eigenvalue weighted by Gasteiger charge is -2.26. The molecular formula is C22H21N3O5S. The second-order valence-corrected chi connectivity index (χ2v) is 8.83. The number of nitro benzene ring substituents is 1. The molecule has 3 rings (SSSR count). The molecule has 0 aliphatic carbocycles. The van der Waals surface area contributed by atoms with Crippen LogP contribution in [0.25, 0.3) is 0 Å². The molecule has 0 atom stereocenters. The van der Waals surface area contributed by atoms with E-state index >= 15 is 0 Å². The maximum absolute atomic E-state index is 13.4. The van der Waals surface area contributed by atoms with Crippen molar-refractivity contribution in [3.8, 4) is 0 Å². The molecule has 160 valence electrons. The van der Waals surface area contributed by atoms with Gasteiger partial charge in [0.2, 0.25) is 5.91 Å². The highest BCUT2D eigenvalue weighted by atomic mass is 32.2. The molecule has 0 saturated heterocycles. The van der Waals surface area contributed by atoms with Gasteiger partial charge in [-0.05, 0) is 49.2 Å². The zero-order valence-corrected chi connectivity index (χ0v) is 17.8. The van der Waals surface area contributed by atoms with Gasteiger partial charge in [0.05, 0.1) is 15.5 Å². The quantitative estimate of drug-likeness (QED) is 0.441. The van der Waals surface area contributed by atoms with Crippen LogP contribution < -0.4 is 9.62 Å². The van der Waals surface area contributed by atoms with E-state index in [1.54, 1.807) is 37.3 Å². The van der Waals surface area contributed by atoms with E-state index in [1.165, 1.54) is 36.4 Å². The van der Waals surface area contributed by atoms with Crippen LogP contribution in [0.5, 0.6) is 0 Å². The molecule has 3 aromatic carbocycles. The van der Waals surface area contributed by atoms with Crippen molar-refractivity contribution in [3.05, 3.63) is 94.0 Å². The molecule has 0 aliphatic rings. The van der Waals surface area contributed by atoms with Gasteiger partial charge in [-0.15, -0.1) is 0 Å². The summed E-state index contributed by atoms with van der Waals surface area (Å²) in [6, 6.07) is 18.7. The summed E-state index contributed by atoms with van der Waals surface area (Å²) in [4.78, 5) is 23.2. The third kappa shape index (κ3) is 5.07. The van der Waals surface area contributed by atoms with Gasteiger partial charge in [-0.3, -0.25) is 19.2 Å². The summed E-state index contributed by atoms with van der Waals surface area (Å²) in [5.41, 5.74) is 1.94. The van der Waals surface area contributed by atoms with Gasteiger partial charge >= 0.3 is 0 Å². The number of benzene rings is 3. The van der Waals surface area contributed by atoms with Crippen molar-refractivity contribution in [2.45, 2.75) is 18.7 Å². The van der Waals surface area contributed by atoms with Crippen LogP contribution in [0.2, 0.25) is 0 Å². The maximum atomic E-state index is 13.4. The van der Waals surface area contributed by atoms with E-state index in [0.717, 1.165) is 9.87 Å². The van der Waals surface area contributed by atoms with E-state index in [2.05, 4.69) is 5.32 Å². The lowest BCUT2D eigenvalue weighted by Crippen LogP contribution is -2.38. The Bertz CT molecular complexity index is 1230. The molecule has 0 saturated carbocycles. The lowest BCUT2D eigenvalue weighted by molar-refractivity contribution is -0.384. The third-order valence-electron chi connectivity index (χ3n) is 4.59. The van der Waals surface area contributed by atoms with E-state index in [1.807, 2.05) is 13.0 Å². The van der Waals surface area contributed by atoms with Crippen molar-refractivity contribution < 1.29 is 18.1 Å². The van der Waals surface area contributed by atoms with Crippen molar-refractivity contribution in [3.63, 3.8) is 0 Å². The highest BCUT2D eigenvalue weighted by molar-refractivity contribution is 7.92. The van der Waals surface area contributed by atoms with Crippen LogP contribution in [-0.2, 0) is 14.8 Å². The van der Waals surface area contributed by atoms with Crippen LogP contribution in [0, 0.1) is 24.0 Å². The molecule has 0 spiro atoms. The smallest absolute Gasteiger partial charge is 0.271 e. The molecule has 0 fully saturated rings. The number of sulfonamides is 1. The fraction of sp³-hybridized carbons (Fsp3) is 0.136. The number of hydrogen-bond acceptors (Lipinski definition) is 5. The van der Waals surface area contributed by atoms with Gasteiger partial charge in [0.1, 0.15) is 6.54 Å². The number of carbonyl (C=O) groups is 1. The van der Waals surface area contributed by atoms with Crippen LogP contribution in [0.1, 0.15) is 11.1 Å². The topological polar surface area (TPSA) is 110 Å². The largest absolute Gasteiger partial charge is 0.324 e. The second-order valence-electron chi connectivity index (χ2n) is 6.97. The fourth-order valence-corrected chi connectivity index (χ4v) is 4.53. The summed E-state index contributed by atoms with van der Waals surface area (Å²) in [5, 5.41) is 13.5. The number of rotatable bonds is 7. The van der Waals surface area contributed by atoms with Crippen molar-refractivity contribution >= 4 is 33.0 Å². The molecule has 3 aromatic rings. The number of aryl methyl sites for hydroxylation is 2. The van der Waals surface area contributed by atoms with Gasteiger partial charge in [0, 0.05) is 17.8 Å². The van der Waals surface area contributed by atoms with Crippen molar-refractivity contribution in [1.82, 2.24) is 0 Å². The Morgan fingerprint density at radius 3 is 2.39 bits per heavy atom. The molecule has 0 unspecified atom stereocenters. The molecule has 0 radical (unpaired) electrons. The molecule has 0 aliphatic heterocycles. The van der Waals surface area contributed by atoms with Gasteiger partial charge in [0.25, 0.3) is 15.7 Å². The van der Waals surface area contributed by atoms with E-state index in [-0.39, 0.29) is 16.3 Å². The summed E-state index contributed by atoms with van der Waals surface area (Å²) >= 11 is 0. The SMILES string of the molecule is Cc1ccc(C)c(N(CC(=O)Nc2cccc([N+](=O)[O-])c2)S(=O)(=O)c2ccccc2)c1. The number of non-ortho nitro benzene ring substituents is 1. The summed E-state index contributed by atoms with van der Waals surface area (Å²) in [5.74, 6) is -0.624. The average molecular weight is 439 g/mol. The normalized spacial score (nSPS) is 11.0. The number of nitrogens with one attached hydrogen (secondary N) is 1. The molecular weight excluding hydrogens is 418 g/mol. The van der Waals surface area contributed by atoms with E-state index in [4.69, 9.17) is 0 Å². The Kier molecular flexibility index (Phi) is 6.36. The van der Waals surface area contributed by atoms with Crippen molar-refractivity contribution in [2.24, 2.45) is 0 Å². The molecule has 31 heavy (non-hydrogen) atoms. The van der Waals surface area contributed by atoms with Crippen LogP contribution in [0.3, 0.4) is 0 Å². The zero-order valence-electron chi connectivity index (χ0n) is 17.0. The monoisotopic (exact) mass is 439 g/mol. The number of amides is 1. The van der Waals surface area contributed by atoms with Gasteiger partial charge < -0.3 is 5.32 Å². The standard InChI is InChI=1S/C22H21N3O5S/c1-16-11-12-17(2)21(13-16)24(31(29,30)20-9-4-3-5-10-20)15-22(26)23-18-7-6-8-19(14-18)25(27)28/h3-14H,15H2,1-2H3,(H,23,26). The highest BCUT2D eigenvalue weighted by Gasteiger charge is 2.28. The number of anilines is 2. The molecule has 8 nitrogen and oxygen atoms in total. The molecule has 0 bridgehead atoms. The minimum absolute atomic E-state index is 0.0547. The minimum atomic E-state index is -4.04. The van der Waals surface area contributed by atoms with Crippen LogP contribution in [0.4, 0.5) is 17.1 Å². The average Bonchev–Trinajstić information content (AvgIpc) is 2.74. The Morgan fingerprint density at radius 2 is 1.71 bits per heavy atom. The fourth-order valence-electron chi connectivity index (χ4n) is 3.04. The van der Waals surface area contributed by atoms with E-state index in [9.17, 15) is 23.3 Å². The molecule has 1 amide bonds. The first-order valence-corrected chi connectivity index (χ1v) is 10.8. The first-order valence-electron chi connectivity index (χ1n) is 9.38. The van der Waals surface area contributed by atoms with Crippen molar-refractivity contribution in [1.29, 1.82) is 0 Å². The summed E-state index contributed by atoms with van der Waals surface area (Å²) in [6.07, 6.45) is 0. The maximum Gasteiger partial charge on any atom is 0.271 e. The van der Waals surface area contributed by atoms with Gasteiger partial charge in [-0.25, -0.2) is 8.42 Å². The van der Waals surface area contributed by atoms with Crippen LogP contribution in [-0.4, -0.2) is 25.8 Å². The second kappa shape index (κ2) is 8.97.